The molecule has 0 spiro atoms. The molecular formula is C27H38ClN3O4S. The van der Waals surface area contributed by atoms with Gasteiger partial charge in [-0.15, -0.1) is 0 Å². The van der Waals surface area contributed by atoms with E-state index in [9.17, 15) is 13.2 Å². The average Bonchev–Trinajstić information content (AvgIpc) is 3.70. The molecule has 0 atom stereocenters. The van der Waals surface area contributed by atoms with Crippen LogP contribution in [0.15, 0.2) is 36.7 Å². The minimum absolute atomic E-state index is 0.0185. The van der Waals surface area contributed by atoms with E-state index < -0.39 is 15.4 Å². The molecule has 1 aromatic heterocycles. The van der Waals surface area contributed by atoms with E-state index in [1.54, 1.807) is 12.3 Å². The molecule has 9 heteroatoms. The number of carbonyl (C=O) groups is 1. The van der Waals surface area contributed by atoms with Crippen LogP contribution in [-0.4, -0.2) is 42.2 Å². The van der Waals surface area contributed by atoms with Gasteiger partial charge in [0.1, 0.15) is 0 Å². The van der Waals surface area contributed by atoms with E-state index in [4.69, 9.17) is 16.2 Å². The molecule has 0 saturated heterocycles. The third kappa shape index (κ3) is 9.05. The summed E-state index contributed by atoms with van der Waals surface area (Å²) in [5.41, 5.74) is 3.57. The second-order valence-corrected chi connectivity index (χ2v) is 11.7. The van der Waals surface area contributed by atoms with Crippen LogP contribution in [0, 0.1) is 0 Å². The van der Waals surface area contributed by atoms with Crippen molar-refractivity contribution in [3.63, 3.8) is 0 Å². The molecule has 2 N–H and O–H groups in total. The van der Waals surface area contributed by atoms with Gasteiger partial charge in [0, 0.05) is 23.7 Å². The molecule has 1 aliphatic carbocycles. The van der Waals surface area contributed by atoms with Crippen LogP contribution in [0.5, 0.6) is 0 Å². The number of amides is 1. The van der Waals surface area contributed by atoms with Crippen LogP contribution in [0.25, 0.3) is 0 Å². The summed E-state index contributed by atoms with van der Waals surface area (Å²) in [5.74, 6) is 0.0185. The van der Waals surface area contributed by atoms with Crippen LogP contribution in [0.4, 0.5) is 11.4 Å². The van der Waals surface area contributed by atoms with Crippen molar-refractivity contribution in [3.05, 3.63) is 52.8 Å². The van der Waals surface area contributed by atoms with Crippen LogP contribution >= 0.6 is 11.6 Å². The molecule has 1 fully saturated rings. The average molecular weight is 536 g/mol. The third-order valence-electron chi connectivity index (χ3n) is 6.49. The van der Waals surface area contributed by atoms with Crippen molar-refractivity contribution >= 4 is 39.0 Å². The molecule has 2 heterocycles. The van der Waals surface area contributed by atoms with E-state index >= 15 is 0 Å². The number of benzene rings is 1. The summed E-state index contributed by atoms with van der Waals surface area (Å²) in [6, 6.07) is 7.52. The van der Waals surface area contributed by atoms with Gasteiger partial charge < -0.3 is 10.2 Å². The largest absolute Gasteiger partial charge is 0.384 e. The standard InChI is InChI=1S/C24H32ClN3O.C3H6O3S/c1-2-3-4-5-6-7-8-9-13-27-21-16-22(18-26-17-21)28-14-12-19-15-20(25)10-11-23(19)24(28)29;4-7(5,6)3-1-2-3/h10-11,15-18,27H,2-9,12-14H2,1H3;3H,1-2H2,(H,4,5,6). The zero-order chi connectivity index (χ0) is 26.0. The van der Waals surface area contributed by atoms with E-state index in [0.717, 1.165) is 41.9 Å². The molecule has 198 valence electrons. The van der Waals surface area contributed by atoms with E-state index in [-0.39, 0.29) is 5.91 Å². The molecule has 1 aliphatic heterocycles. The summed E-state index contributed by atoms with van der Waals surface area (Å²) in [7, 11) is -3.63. The zero-order valence-electron chi connectivity index (χ0n) is 21.1. The molecule has 1 aromatic carbocycles. The summed E-state index contributed by atoms with van der Waals surface area (Å²) in [4.78, 5) is 19.1. The van der Waals surface area contributed by atoms with Gasteiger partial charge in [-0.3, -0.25) is 14.3 Å². The lowest BCUT2D eigenvalue weighted by atomic mass is 9.99. The number of carbonyl (C=O) groups excluding carboxylic acids is 1. The summed E-state index contributed by atoms with van der Waals surface area (Å²) in [6.45, 7) is 3.84. The van der Waals surface area contributed by atoms with Gasteiger partial charge in [-0.05, 0) is 55.5 Å². The van der Waals surface area contributed by atoms with Crippen molar-refractivity contribution in [1.29, 1.82) is 0 Å². The quantitative estimate of drug-likeness (QED) is 0.237. The van der Waals surface area contributed by atoms with Crippen molar-refractivity contribution < 1.29 is 17.8 Å². The second-order valence-electron chi connectivity index (χ2n) is 9.56. The van der Waals surface area contributed by atoms with Gasteiger partial charge in [-0.2, -0.15) is 8.42 Å². The number of halogens is 1. The van der Waals surface area contributed by atoms with Crippen LogP contribution in [0.2, 0.25) is 5.02 Å². The van der Waals surface area contributed by atoms with Gasteiger partial charge in [-0.1, -0.05) is 63.5 Å². The smallest absolute Gasteiger partial charge is 0.267 e. The fraction of sp³-hybridized carbons (Fsp3) is 0.556. The highest BCUT2D eigenvalue weighted by Gasteiger charge is 2.33. The van der Waals surface area contributed by atoms with Crippen LogP contribution in [-0.2, 0) is 16.5 Å². The van der Waals surface area contributed by atoms with E-state index in [2.05, 4.69) is 17.2 Å². The van der Waals surface area contributed by atoms with Crippen molar-refractivity contribution in [2.75, 3.05) is 23.3 Å². The molecule has 4 rings (SSSR count). The first kappa shape index (κ1) is 28.4. The van der Waals surface area contributed by atoms with E-state index in [1.807, 2.05) is 29.3 Å². The number of pyridine rings is 1. The molecule has 2 aromatic rings. The molecule has 7 nitrogen and oxygen atoms in total. The number of fused-ring (bicyclic) bond motifs is 1. The van der Waals surface area contributed by atoms with Crippen molar-refractivity contribution in [3.8, 4) is 0 Å². The molecule has 1 saturated carbocycles. The molecule has 0 unspecified atom stereocenters. The Morgan fingerprint density at radius 3 is 2.39 bits per heavy atom. The lowest BCUT2D eigenvalue weighted by Crippen LogP contribution is -2.37. The number of nitrogens with one attached hydrogen (secondary N) is 1. The van der Waals surface area contributed by atoms with Gasteiger partial charge in [0.15, 0.2) is 0 Å². The number of unbranched alkanes of at least 4 members (excludes halogenated alkanes) is 7. The molecule has 1 amide bonds. The van der Waals surface area contributed by atoms with Crippen LogP contribution in [0.1, 0.15) is 87.1 Å². The van der Waals surface area contributed by atoms with Crippen molar-refractivity contribution in [1.82, 2.24) is 4.98 Å². The Bertz CT molecular complexity index is 1110. The predicted octanol–water partition coefficient (Wildman–Crippen LogP) is 6.53. The predicted molar refractivity (Wildman–Crippen MR) is 147 cm³/mol. The topological polar surface area (TPSA) is 99.6 Å². The highest BCUT2D eigenvalue weighted by Crippen LogP contribution is 2.28. The monoisotopic (exact) mass is 535 g/mol. The summed E-state index contributed by atoms with van der Waals surface area (Å²) < 4.78 is 28.0. The summed E-state index contributed by atoms with van der Waals surface area (Å²) >= 11 is 6.06. The van der Waals surface area contributed by atoms with E-state index in [0.29, 0.717) is 24.4 Å². The number of rotatable bonds is 12. The van der Waals surface area contributed by atoms with Gasteiger partial charge in [0.25, 0.3) is 16.0 Å². The Kier molecular flexibility index (Phi) is 11.0. The molecule has 36 heavy (non-hydrogen) atoms. The third-order valence-corrected chi connectivity index (χ3v) is 8.04. The Hall–Kier alpha value is -2.16. The molecule has 0 bridgehead atoms. The number of anilines is 2. The Balaban J connectivity index is 0.000000444. The lowest BCUT2D eigenvalue weighted by molar-refractivity contribution is 0.0980. The van der Waals surface area contributed by atoms with Gasteiger partial charge in [0.05, 0.1) is 29.0 Å². The fourth-order valence-electron chi connectivity index (χ4n) is 4.23. The lowest BCUT2D eigenvalue weighted by Gasteiger charge is -2.28. The Morgan fingerprint density at radius 2 is 1.75 bits per heavy atom. The SMILES string of the molecule is CCCCCCCCCCNc1cncc(N2CCc3cc(Cl)ccc3C2=O)c1.O=S(=O)(O)C1CC1. The number of aromatic nitrogens is 1. The van der Waals surface area contributed by atoms with Gasteiger partial charge >= 0.3 is 0 Å². The molecular weight excluding hydrogens is 498 g/mol. The second kappa shape index (κ2) is 14.0. The fourth-order valence-corrected chi connectivity index (χ4v) is 5.16. The minimum atomic E-state index is -3.63. The molecule has 2 aliphatic rings. The van der Waals surface area contributed by atoms with Crippen LogP contribution in [0.3, 0.4) is 0 Å². The van der Waals surface area contributed by atoms with Gasteiger partial charge in [0.2, 0.25) is 0 Å². The number of hydrogen-bond acceptors (Lipinski definition) is 5. The first-order valence-corrected chi connectivity index (χ1v) is 14.9. The van der Waals surface area contributed by atoms with Crippen molar-refractivity contribution in [2.24, 2.45) is 0 Å². The minimum Gasteiger partial charge on any atom is -0.384 e. The maximum Gasteiger partial charge on any atom is 0.267 e. The van der Waals surface area contributed by atoms with E-state index in [1.165, 1.54) is 44.9 Å². The van der Waals surface area contributed by atoms with Gasteiger partial charge in [-0.25, -0.2) is 0 Å². The number of nitrogens with zero attached hydrogens (tertiary/aromatic N) is 2. The first-order valence-electron chi connectivity index (χ1n) is 13.0. The first-order chi connectivity index (χ1) is 17.3. The summed E-state index contributed by atoms with van der Waals surface area (Å²) in [6.07, 6.45) is 16.2. The normalized spacial score (nSPS) is 15.2. The Labute approximate surface area is 220 Å². The van der Waals surface area contributed by atoms with Crippen molar-refractivity contribution in [2.45, 2.75) is 82.8 Å². The maximum atomic E-state index is 12.9. The maximum absolute atomic E-state index is 12.9. The highest BCUT2D eigenvalue weighted by molar-refractivity contribution is 7.86. The number of hydrogen-bond donors (Lipinski definition) is 2. The highest BCUT2D eigenvalue weighted by atomic mass is 35.5. The Morgan fingerprint density at radius 1 is 1.06 bits per heavy atom. The van der Waals surface area contributed by atoms with Crippen LogP contribution < -0.4 is 10.2 Å². The molecule has 0 radical (unpaired) electrons. The zero-order valence-corrected chi connectivity index (χ0v) is 22.7. The summed E-state index contributed by atoms with van der Waals surface area (Å²) in [5, 5.41) is 3.71.